The zero-order valence-electron chi connectivity index (χ0n) is 11.2. The van der Waals surface area contributed by atoms with Crippen LogP contribution in [0.25, 0.3) is 11.3 Å². The molecule has 4 heteroatoms. The van der Waals surface area contributed by atoms with Crippen molar-refractivity contribution < 1.29 is 4.74 Å². The van der Waals surface area contributed by atoms with Gasteiger partial charge in [0.1, 0.15) is 10.8 Å². The van der Waals surface area contributed by atoms with Gasteiger partial charge in [0.15, 0.2) is 0 Å². The molecule has 0 spiro atoms. The fraction of sp³-hybridized carbons (Fsp3) is 0.357. The monoisotopic (exact) mass is 262 g/mol. The molecule has 3 nitrogen and oxygen atoms in total. The van der Waals surface area contributed by atoms with Crippen molar-refractivity contribution in [3.05, 3.63) is 33.6 Å². The summed E-state index contributed by atoms with van der Waals surface area (Å²) in [5, 5.41) is 3.02. The highest BCUT2D eigenvalue weighted by Gasteiger charge is 2.11. The summed E-state index contributed by atoms with van der Waals surface area (Å²) < 4.78 is 5.37. The second-order valence-corrected chi connectivity index (χ2v) is 5.39. The molecule has 1 atom stereocenters. The molecule has 0 saturated heterocycles. The van der Waals surface area contributed by atoms with Gasteiger partial charge in [0.25, 0.3) is 0 Å². The number of hydrogen-bond acceptors (Lipinski definition) is 4. The number of rotatable bonds is 3. The molecule has 0 aliphatic rings. The molecule has 0 amide bonds. The van der Waals surface area contributed by atoms with Gasteiger partial charge >= 0.3 is 0 Å². The van der Waals surface area contributed by atoms with Crippen molar-refractivity contribution in [1.82, 2.24) is 4.98 Å². The molecule has 1 heterocycles. The Balaban J connectivity index is 2.44. The summed E-state index contributed by atoms with van der Waals surface area (Å²) >= 11 is 1.61. The molecule has 0 aliphatic heterocycles. The van der Waals surface area contributed by atoms with E-state index in [1.165, 1.54) is 0 Å². The lowest BCUT2D eigenvalue weighted by Gasteiger charge is -2.10. The average molecular weight is 262 g/mol. The smallest absolute Gasteiger partial charge is 0.124 e. The van der Waals surface area contributed by atoms with Gasteiger partial charge in [0.2, 0.25) is 0 Å². The van der Waals surface area contributed by atoms with E-state index >= 15 is 0 Å². The Labute approximate surface area is 112 Å². The molecular formula is C14H18N2OS. The summed E-state index contributed by atoms with van der Waals surface area (Å²) in [5.74, 6) is 0.946. The van der Waals surface area contributed by atoms with Gasteiger partial charge < -0.3 is 10.5 Å². The van der Waals surface area contributed by atoms with Crippen molar-refractivity contribution in [3.63, 3.8) is 0 Å². The largest absolute Gasteiger partial charge is 0.496 e. The van der Waals surface area contributed by atoms with Crippen LogP contribution in [0, 0.1) is 13.8 Å². The molecule has 0 radical (unpaired) electrons. The molecule has 0 fully saturated rings. The fourth-order valence-electron chi connectivity index (χ4n) is 2.05. The van der Waals surface area contributed by atoms with Gasteiger partial charge in [-0.2, -0.15) is 0 Å². The quantitative estimate of drug-likeness (QED) is 0.921. The van der Waals surface area contributed by atoms with Crippen LogP contribution in [-0.2, 0) is 0 Å². The molecule has 0 saturated carbocycles. The Kier molecular flexibility index (Phi) is 3.68. The molecule has 0 bridgehead atoms. The van der Waals surface area contributed by atoms with Crippen molar-refractivity contribution in [2.75, 3.05) is 7.11 Å². The predicted octanol–water partition coefficient (Wildman–Crippen LogP) is 3.46. The normalized spacial score (nSPS) is 12.5. The zero-order valence-corrected chi connectivity index (χ0v) is 12.0. The van der Waals surface area contributed by atoms with Crippen molar-refractivity contribution in [2.45, 2.75) is 26.8 Å². The average Bonchev–Trinajstić information content (AvgIpc) is 2.77. The first-order chi connectivity index (χ1) is 8.52. The van der Waals surface area contributed by atoms with Crippen molar-refractivity contribution >= 4 is 11.3 Å². The Hall–Kier alpha value is -1.39. The van der Waals surface area contributed by atoms with E-state index in [1.54, 1.807) is 18.4 Å². The summed E-state index contributed by atoms with van der Waals surface area (Å²) in [6.45, 7) is 6.05. The summed E-state index contributed by atoms with van der Waals surface area (Å²) in [6, 6.07) is 4.20. The number of thiazole rings is 1. The minimum Gasteiger partial charge on any atom is -0.496 e. The van der Waals surface area contributed by atoms with Crippen LogP contribution in [0.5, 0.6) is 5.75 Å². The summed E-state index contributed by atoms with van der Waals surface area (Å²) in [4.78, 5) is 4.57. The molecular weight excluding hydrogens is 244 g/mol. The van der Waals surface area contributed by atoms with Crippen molar-refractivity contribution in [3.8, 4) is 17.0 Å². The highest BCUT2D eigenvalue weighted by molar-refractivity contribution is 7.10. The molecule has 2 N–H and O–H groups in total. The number of hydrogen-bond donors (Lipinski definition) is 1. The third-order valence-corrected chi connectivity index (χ3v) is 3.92. The number of nitrogens with zero attached hydrogens (tertiary/aromatic N) is 1. The van der Waals surface area contributed by atoms with Gasteiger partial charge in [-0.05, 0) is 44.0 Å². The van der Waals surface area contributed by atoms with Crippen LogP contribution >= 0.6 is 11.3 Å². The highest BCUT2D eigenvalue weighted by atomic mass is 32.1. The number of aryl methyl sites for hydroxylation is 2. The zero-order chi connectivity index (χ0) is 13.3. The summed E-state index contributed by atoms with van der Waals surface area (Å²) in [5.41, 5.74) is 10.2. The van der Waals surface area contributed by atoms with Gasteiger partial charge in [-0.1, -0.05) is 0 Å². The maximum Gasteiger partial charge on any atom is 0.124 e. The highest BCUT2D eigenvalue weighted by Crippen LogP contribution is 2.31. The number of aromatic nitrogens is 1. The van der Waals surface area contributed by atoms with E-state index in [0.717, 1.165) is 33.1 Å². The topological polar surface area (TPSA) is 48.1 Å². The van der Waals surface area contributed by atoms with E-state index in [1.807, 2.05) is 20.8 Å². The third kappa shape index (κ3) is 2.40. The minimum atomic E-state index is -0.0100. The first kappa shape index (κ1) is 13.1. The lowest BCUT2D eigenvalue weighted by molar-refractivity contribution is 0.408. The SMILES string of the molecule is COc1c(C)cc(-c2csc(C(C)N)n2)cc1C. The predicted molar refractivity (Wildman–Crippen MR) is 76.2 cm³/mol. The minimum absolute atomic E-state index is 0.0100. The Morgan fingerprint density at radius 1 is 1.28 bits per heavy atom. The van der Waals surface area contributed by atoms with Crippen LogP contribution in [-0.4, -0.2) is 12.1 Å². The van der Waals surface area contributed by atoms with Crippen LogP contribution in [0.1, 0.15) is 29.1 Å². The van der Waals surface area contributed by atoms with Crippen molar-refractivity contribution in [1.29, 1.82) is 0 Å². The van der Waals surface area contributed by atoms with Crippen LogP contribution in [0.2, 0.25) is 0 Å². The van der Waals surface area contributed by atoms with Gasteiger partial charge in [-0.25, -0.2) is 4.98 Å². The first-order valence-electron chi connectivity index (χ1n) is 5.89. The van der Waals surface area contributed by atoms with Crippen LogP contribution in [0.4, 0.5) is 0 Å². The summed E-state index contributed by atoms with van der Waals surface area (Å²) in [7, 11) is 1.70. The molecule has 2 rings (SSSR count). The lowest BCUT2D eigenvalue weighted by atomic mass is 10.0. The van der Waals surface area contributed by atoms with E-state index in [4.69, 9.17) is 10.5 Å². The third-order valence-electron chi connectivity index (χ3n) is 2.87. The molecule has 18 heavy (non-hydrogen) atoms. The summed E-state index contributed by atoms with van der Waals surface area (Å²) in [6.07, 6.45) is 0. The molecule has 96 valence electrons. The second kappa shape index (κ2) is 5.08. The lowest BCUT2D eigenvalue weighted by Crippen LogP contribution is -2.03. The molecule has 1 aromatic carbocycles. The van der Waals surface area contributed by atoms with E-state index in [-0.39, 0.29) is 6.04 Å². The van der Waals surface area contributed by atoms with E-state index in [9.17, 15) is 0 Å². The van der Waals surface area contributed by atoms with Crippen molar-refractivity contribution in [2.24, 2.45) is 5.73 Å². The maximum atomic E-state index is 5.84. The standard InChI is InChI=1S/C14H18N2OS/c1-8-5-11(6-9(2)13(8)17-4)12-7-18-14(16-12)10(3)15/h5-7,10H,15H2,1-4H3. The molecule has 0 aliphatic carbocycles. The van der Waals surface area contributed by atoms with E-state index in [0.29, 0.717) is 0 Å². The molecule has 2 aromatic rings. The van der Waals surface area contributed by atoms with Gasteiger partial charge in [-0.15, -0.1) is 11.3 Å². The van der Waals surface area contributed by atoms with Gasteiger partial charge in [0.05, 0.1) is 18.8 Å². The van der Waals surface area contributed by atoms with Crippen LogP contribution in [0.3, 0.4) is 0 Å². The number of ether oxygens (including phenoxy) is 1. The van der Waals surface area contributed by atoms with Gasteiger partial charge in [0, 0.05) is 10.9 Å². The number of nitrogens with two attached hydrogens (primary N) is 1. The molecule has 1 unspecified atom stereocenters. The van der Waals surface area contributed by atoms with Crippen LogP contribution < -0.4 is 10.5 Å². The van der Waals surface area contributed by atoms with Gasteiger partial charge in [-0.3, -0.25) is 0 Å². The fourth-order valence-corrected chi connectivity index (χ4v) is 2.84. The maximum absolute atomic E-state index is 5.84. The first-order valence-corrected chi connectivity index (χ1v) is 6.77. The Morgan fingerprint density at radius 2 is 1.89 bits per heavy atom. The van der Waals surface area contributed by atoms with Crippen LogP contribution in [0.15, 0.2) is 17.5 Å². The van der Waals surface area contributed by atoms with E-state index in [2.05, 4.69) is 22.5 Å². The number of methoxy groups -OCH3 is 1. The van der Waals surface area contributed by atoms with E-state index < -0.39 is 0 Å². The molecule has 1 aromatic heterocycles. The number of benzene rings is 1. The Morgan fingerprint density at radius 3 is 2.33 bits per heavy atom. The Bertz CT molecular complexity index is 538. The second-order valence-electron chi connectivity index (χ2n) is 4.50.